The molecule has 7 nitrogen and oxygen atoms in total. The van der Waals surface area contributed by atoms with Gasteiger partial charge in [-0.2, -0.15) is 9.90 Å². The first-order valence-corrected chi connectivity index (χ1v) is 9.45. The summed E-state index contributed by atoms with van der Waals surface area (Å²) in [6.07, 6.45) is 0.740. The minimum Gasteiger partial charge on any atom is -0.451 e. The summed E-state index contributed by atoms with van der Waals surface area (Å²) in [5.41, 5.74) is 1.08. The summed E-state index contributed by atoms with van der Waals surface area (Å²) in [5.74, 6) is -1.06. The van der Waals surface area contributed by atoms with E-state index in [2.05, 4.69) is 15.5 Å². The van der Waals surface area contributed by atoms with Crippen LogP contribution in [0.2, 0.25) is 5.02 Å². The van der Waals surface area contributed by atoms with Gasteiger partial charge in [0.15, 0.2) is 12.3 Å². The molecule has 1 N–H and O–H groups in total. The molecule has 3 aromatic rings. The van der Waals surface area contributed by atoms with Gasteiger partial charge in [-0.25, -0.2) is 4.79 Å². The molecule has 0 bridgehead atoms. The van der Waals surface area contributed by atoms with E-state index < -0.39 is 5.97 Å². The molecule has 1 amide bonds. The molecule has 0 unspecified atom stereocenters. The molecule has 0 aliphatic rings. The number of nitrogens with zero attached hydrogens (tertiary/aromatic N) is 3. The number of carbonyl (C=O) groups excluding carboxylic acids is 2. The first-order chi connectivity index (χ1) is 13.0. The van der Waals surface area contributed by atoms with Gasteiger partial charge in [0.2, 0.25) is 0 Å². The number of esters is 1. The van der Waals surface area contributed by atoms with Gasteiger partial charge in [0.05, 0.1) is 11.4 Å². The van der Waals surface area contributed by atoms with Gasteiger partial charge in [-0.05, 0) is 43.0 Å². The van der Waals surface area contributed by atoms with Crippen molar-refractivity contribution < 1.29 is 14.3 Å². The molecule has 1 aromatic carbocycles. The number of nitrogens with one attached hydrogen (secondary N) is 1. The number of rotatable bonds is 7. The number of thiophene rings is 1. The quantitative estimate of drug-likeness (QED) is 0.612. The third-order valence-electron chi connectivity index (χ3n) is 3.62. The molecule has 0 aliphatic heterocycles. The Morgan fingerprint density at radius 1 is 1.26 bits per heavy atom. The van der Waals surface area contributed by atoms with E-state index in [1.807, 2.05) is 17.5 Å². The third-order valence-corrected chi connectivity index (χ3v) is 4.79. The summed E-state index contributed by atoms with van der Waals surface area (Å²) in [7, 11) is 0. The van der Waals surface area contributed by atoms with Crippen molar-refractivity contribution in [2.75, 3.05) is 13.2 Å². The van der Waals surface area contributed by atoms with Crippen LogP contribution in [0.5, 0.6) is 0 Å². The lowest BCUT2D eigenvalue weighted by Crippen LogP contribution is -2.30. The normalized spacial score (nSPS) is 10.6. The van der Waals surface area contributed by atoms with Crippen molar-refractivity contribution in [3.8, 4) is 5.69 Å². The molecule has 2 heterocycles. The van der Waals surface area contributed by atoms with E-state index in [-0.39, 0.29) is 18.2 Å². The lowest BCUT2D eigenvalue weighted by atomic mass is 10.3. The zero-order valence-electron chi connectivity index (χ0n) is 14.5. The van der Waals surface area contributed by atoms with Crippen LogP contribution in [0.25, 0.3) is 5.69 Å². The van der Waals surface area contributed by atoms with Crippen LogP contribution in [0.4, 0.5) is 0 Å². The number of ether oxygens (including phenoxy) is 1. The molecular formula is C18H17ClN4O3S. The molecule has 0 radical (unpaired) electrons. The number of aryl methyl sites for hydroxylation is 1. The number of carbonyl (C=O) groups is 2. The highest BCUT2D eigenvalue weighted by atomic mass is 35.5. The van der Waals surface area contributed by atoms with E-state index in [4.69, 9.17) is 16.3 Å². The van der Waals surface area contributed by atoms with Crippen molar-refractivity contribution >= 4 is 34.8 Å². The van der Waals surface area contributed by atoms with E-state index in [1.165, 1.54) is 9.67 Å². The predicted octanol–water partition coefficient (Wildman–Crippen LogP) is 2.81. The number of amides is 1. The van der Waals surface area contributed by atoms with Crippen LogP contribution in [0.3, 0.4) is 0 Å². The fourth-order valence-electron chi connectivity index (χ4n) is 2.31. The van der Waals surface area contributed by atoms with E-state index in [0.717, 1.165) is 6.42 Å². The first-order valence-electron chi connectivity index (χ1n) is 8.19. The average molecular weight is 405 g/mol. The fraction of sp³-hybridized carbons (Fsp3) is 0.222. The highest BCUT2D eigenvalue weighted by molar-refractivity contribution is 7.09. The van der Waals surface area contributed by atoms with Crippen LogP contribution in [0, 0.1) is 6.92 Å². The standard InChI is InChI=1S/C18H17ClN4O3S/c1-12-17(22-23(21-12)14-5-2-4-13(19)10-14)18(25)26-11-16(24)20-8-7-15-6-3-9-27-15/h2-6,9-10H,7-8,11H2,1H3,(H,20,24). The van der Waals surface area contributed by atoms with E-state index in [1.54, 1.807) is 42.5 Å². The predicted molar refractivity (Wildman–Crippen MR) is 102 cm³/mol. The second-order valence-corrected chi connectivity index (χ2v) is 7.13. The van der Waals surface area contributed by atoms with E-state index >= 15 is 0 Å². The summed E-state index contributed by atoms with van der Waals surface area (Å²) >= 11 is 7.59. The van der Waals surface area contributed by atoms with Crippen molar-refractivity contribution in [2.24, 2.45) is 0 Å². The average Bonchev–Trinajstić information content (AvgIpc) is 3.29. The molecule has 0 atom stereocenters. The molecule has 3 rings (SSSR count). The lowest BCUT2D eigenvalue weighted by molar-refractivity contribution is -0.124. The molecule has 0 saturated heterocycles. The SMILES string of the molecule is Cc1nn(-c2cccc(Cl)c2)nc1C(=O)OCC(=O)NCCc1cccs1. The van der Waals surface area contributed by atoms with Crippen LogP contribution in [0.1, 0.15) is 21.1 Å². The lowest BCUT2D eigenvalue weighted by Gasteiger charge is -2.05. The smallest absolute Gasteiger partial charge is 0.361 e. The van der Waals surface area contributed by atoms with E-state index in [9.17, 15) is 9.59 Å². The van der Waals surface area contributed by atoms with Gasteiger partial charge >= 0.3 is 5.97 Å². The number of hydrogen-bond donors (Lipinski definition) is 1. The van der Waals surface area contributed by atoms with Crippen molar-refractivity contribution in [3.05, 3.63) is 63.1 Å². The maximum absolute atomic E-state index is 12.2. The van der Waals surface area contributed by atoms with Crippen molar-refractivity contribution in [2.45, 2.75) is 13.3 Å². The monoisotopic (exact) mass is 404 g/mol. The Kier molecular flexibility index (Phi) is 6.20. The van der Waals surface area contributed by atoms with Gasteiger partial charge in [-0.3, -0.25) is 4.79 Å². The fourth-order valence-corrected chi connectivity index (χ4v) is 3.21. The minimum absolute atomic E-state index is 0.0568. The van der Waals surface area contributed by atoms with Crippen LogP contribution in [0.15, 0.2) is 41.8 Å². The molecular weight excluding hydrogens is 388 g/mol. The molecule has 27 heavy (non-hydrogen) atoms. The summed E-state index contributed by atoms with van der Waals surface area (Å²) < 4.78 is 5.04. The molecule has 0 fully saturated rings. The molecule has 0 aliphatic carbocycles. The maximum Gasteiger partial charge on any atom is 0.361 e. The Morgan fingerprint density at radius 2 is 2.11 bits per heavy atom. The number of hydrogen-bond acceptors (Lipinski definition) is 6. The number of aromatic nitrogens is 3. The van der Waals surface area contributed by atoms with Crippen molar-refractivity contribution in [3.63, 3.8) is 0 Å². The second kappa shape index (κ2) is 8.79. The summed E-state index contributed by atoms with van der Waals surface area (Å²) in [6.45, 7) is 1.76. The Labute approximate surface area is 164 Å². The molecule has 2 aromatic heterocycles. The molecule has 140 valence electrons. The molecule has 0 spiro atoms. The Hall–Kier alpha value is -2.71. The Balaban J connectivity index is 1.52. The van der Waals surface area contributed by atoms with Gasteiger partial charge in [0.25, 0.3) is 5.91 Å². The van der Waals surface area contributed by atoms with Crippen LogP contribution >= 0.6 is 22.9 Å². The highest BCUT2D eigenvalue weighted by Crippen LogP contribution is 2.15. The van der Waals surface area contributed by atoms with Gasteiger partial charge in [0, 0.05) is 16.4 Å². The van der Waals surface area contributed by atoms with Gasteiger partial charge < -0.3 is 10.1 Å². The number of halogens is 1. The van der Waals surface area contributed by atoms with Gasteiger partial charge in [-0.1, -0.05) is 23.7 Å². The van der Waals surface area contributed by atoms with Crippen molar-refractivity contribution in [1.82, 2.24) is 20.3 Å². The van der Waals surface area contributed by atoms with Crippen LogP contribution in [-0.4, -0.2) is 40.0 Å². The van der Waals surface area contributed by atoms with E-state index in [0.29, 0.717) is 22.9 Å². The number of benzene rings is 1. The molecule has 0 saturated carbocycles. The van der Waals surface area contributed by atoms with Crippen LogP contribution < -0.4 is 5.32 Å². The van der Waals surface area contributed by atoms with Gasteiger partial charge in [0.1, 0.15) is 0 Å². The summed E-state index contributed by atoms with van der Waals surface area (Å²) in [6, 6.07) is 10.9. The minimum atomic E-state index is -0.700. The van der Waals surface area contributed by atoms with Crippen LogP contribution in [-0.2, 0) is 16.0 Å². The topological polar surface area (TPSA) is 86.1 Å². The second-order valence-electron chi connectivity index (χ2n) is 5.66. The highest BCUT2D eigenvalue weighted by Gasteiger charge is 2.19. The first kappa shape index (κ1) is 19.1. The zero-order valence-corrected chi connectivity index (χ0v) is 16.1. The third kappa shape index (κ3) is 5.15. The zero-order chi connectivity index (χ0) is 19.2. The van der Waals surface area contributed by atoms with Gasteiger partial charge in [-0.15, -0.1) is 16.4 Å². The Morgan fingerprint density at radius 3 is 2.85 bits per heavy atom. The van der Waals surface area contributed by atoms with Crippen molar-refractivity contribution in [1.29, 1.82) is 0 Å². The summed E-state index contributed by atoms with van der Waals surface area (Å²) in [4.78, 5) is 26.5. The summed E-state index contributed by atoms with van der Waals surface area (Å²) in [5, 5.41) is 13.6. The molecule has 9 heteroatoms. The Bertz CT molecular complexity index is 940. The maximum atomic E-state index is 12.2. The largest absolute Gasteiger partial charge is 0.451 e.